The number of anilines is 6. The number of nitrogens with zero attached hydrogens (tertiary/aromatic N) is 3. The molecule has 0 N–H and O–H groups in total. The monoisotopic (exact) mass is 693 g/mol. The molecular weight excluding hydrogens is 663 g/mol. The van der Waals surface area contributed by atoms with Crippen LogP contribution in [0, 0.1) is 0 Å². The van der Waals surface area contributed by atoms with E-state index < -0.39 is 0 Å². The third kappa shape index (κ3) is 4.76. The smallest absolute Gasteiger partial charge is 0.153 e. The van der Waals surface area contributed by atoms with Crippen LogP contribution in [0.25, 0.3) is 54.6 Å². The molecular formula is C49H31N3O2. The molecule has 1 aliphatic rings. The minimum absolute atomic E-state index is 0.754. The zero-order valence-corrected chi connectivity index (χ0v) is 29.1. The van der Waals surface area contributed by atoms with Gasteiger partial charge in [-0.3, -0.25) is 4.98 Å². The highest BCUT2D eigenvalue weighted by Gasteiger charge is 2.28. The summed E-state index contributed by atoms with van der Waals surface area (Å²) in [4.78, 5) is 9.23. The van der Waals surface area contributed by atoms with Crippen molar-refractivity contribution in [3.05, 3.63) is 188 Å². The Morgan fingerprint density at radius 1 is 0.463 bits per heavy atom. The van der Waals surface area contributed by atoms with Crippen molar-refractivity contribution in [2.45, 2.75) is 0 Å². The predicted octanol–water partition coefficient (Wildman–Crippen LogP) is 14.0. The van der Waals surface area contributed by atoms with Gasteiger partial charge in [0, 0.05) is 46.5 Å². The van der Waals surface area contributed by atoms with Gasteiger partial charge in [0.15, 0.2) is 11.5 Å². The Labute approximate surface area is 311 Å². The van der Waals surface area contributed by atoms with Gasteiger partial charge in [-0.05, 0) is 87.8 Å². The fourth-order valence-electron chi connectivity index (χ4n) is 8.09. The Morgan fingerprint density at radius 2 is 1.22 bits per heavy atom. The van der Waals surface area contributed by atoms with Crippen LogP contribution < -0.4 is 14.5 Å². The van der Waals surface area contributed by atoms with Crippen molar-refractivity contribution in [3.63, 3.8) is 0 Å². The van der Waals surface area contributed by atoms with Gasteiger partial charge in [-0.15, -0.1) is 0 Å². The van der Waals surface area contributed by atoms with Crippen molar-refractivity contribution in [2.24, 2.45) is 0 Å². The summed E-state index contributed by atoms with van der Waals surface area (Å²) in [6.07, 6.45) is 3.85. The van der Waals surface area contributed by atoms with Crippen molar-refractivity contribution >= 4 is 77.6 Å². The second-order valence-corrected chi connectivity index (χ2v) is 13.6. The van der Waals surface area contributed by atoms with E-state index in [4.69, 9.17) is 9.15 Å². The molecule has 0 amide bonds. The van der Waals surface area contributed by atoms with Crippen LogP contribution in [-0.2, 0) is 0 Å². The highest BCUT2D eigenvalue weighted by Crippen LogP contribution is 2.53. The van der Waals surface area contributed by atoms with Crippen LogP contribution in [0.2, 0.25) is 0 Å². The fourth-order valence-corrected chi connectivity index (χ4v) is 8.09. The Morgan fingerprint density at radius 3 is 2.17 bits per heavy atom. The summed E-state index contributed by atoms with van der Waals surface area (Å²) in [6.45, 7) is 0. The van der Waals surface area contributed by atoms with E-state index in [9.17, 15) is 0 Å². The van der Waals surface area contributed by atoms with Crippen molar-refractivity contribution in [1.82, 2.24) is 4.98 Å². The molecule has 0 fully saturated rings. The largest absolute Gasteiger partial charge is 0.456 e. The quantitative estimate of drug-likeness (QED) is 0.168. The highest BCUT2D eigenvalue weighted by atomic mass is 16.5. The number of fused-ring (bicyclic) bond motifs is 8. The van der Waals surface area contributed by atoms with E-state index in [-0.39, 0.29) is 0 Å². The van der Waals surface area contributed by atoms with E-state index in [1.165, 1.54) is 21.5 Å². The summed E-state index contributed by atoms with van der Waals surface area (Å²) in [5.74, 6) is 1.54. The second kappa shape index (κ2) is 12.1. The van der Waals surface area contributed by atoms with E-state index in [1.54, 1.807) is 0 Å². The Balaban J connectivity index is 1.08. The van der Waals surface area contributed by atoms with Gasteiger partial charge in [-0.25, -0.2) is 0 Å². The Kier molecular flexibility index (Phi) is 6.79. The van der Waals surface area contributed by atoms with Crippen LogP contribution in [0.3, 0.4) is 0 Å². The van der Waals surface area contributed by atoms with Gasteiger partial charge < -0.3 is 19.0 Å². The van der Waals surface area contributed by atoms with E-state index in [2.05, 4.69) is 160 Å². The highest BCUT2D eigenvalue weighted by molar-refractivity contribution is 6.13. The van der Waals surface area contributed by atoms with Gasteiger partial charge in [0.2, 0.25) is 0 Å². The molecule has 3 heterocycles. The van der Waals surface area contributed by atoms with E-state index >= 15 is 0 Å². The van der Waals surface area contributed by atoms with E-state index in [1.807, 2.05) is 42.7 Å². The first kappa shape index (κ1) is 30.3. The maximum atomic E-state index is 6.74. The molecule has 0 spiro atoms. The first-order valence-corrected chi connectivity index (χ1v) is 18.1. The van der Waals surface area contributed by atoms with Crippen LogP contribution in [0.5, 0.6) is 11.5 Å². The number of pyridine rings is 1. The molecule has 0 radical (unpaired) electrons. The lowest BCUT2D eigenvalue weighted by Crippen LogP contribution is -2.17. The van der Waals surface area contributed by atoms with Crippen molar-refractivity contribution in [3.8, 4) is 22.6 Å². The minimum atomic E-state index is 0.754. The topological polar surface area (TPSA) is 41.7 Å². The molecule has 0 unspecified atom stereocenters. The molecule has 11 rings (SSSR count). The van der Waals surface area contributed by atoms with Gasteiger partial charge >= 0.3 is 0 Å². The first-order chi connectivity index (χ1) is 26.8. The summed E-state index contributed by atoms with van der Waals surface area (Å²) < 4.78 is 13.1. The summed E-state index contributed by atoms with van der Waals surface area (Å²) in [6, 6.07) is 61.5. The summed E-state index contributed by atoms with van der Waals surface area (Å²) in [5, 5.41) is 7.06. The van der Waals surface area contributed by atoms with Crippen LogP contribution >= 0.6 is 0 Å². The number of ether oxygens (including phenoxy) is 1. The minimum Gasteiger partial charge on any atom is -0.456 e. The van der Waals surface area contributed by atoms with E-state index in [0.717, 1.165) is 78.7 Å². The maximum absolute atomic E-state index is 6.74. The molecule has 5 heteroatoms. The average molecular weight is 694 g/mol. The molecule has 2 aromatic heterocycles. The number of rotatable bonds is 5. The number of hydrogen-bond acceptors (Lipinski definition) is 5. The van der Waals surface area contributed by atoms with Crippen LogP contribution in [0.1, 0.15) is 0 Å². The molecule has 0 saturated carbocycles. The SMILES string of the molecule is c1ccc(N(c2ccc3c(c2)Oc2ccccc2N3c2ccc3c(c2)oc2ccccc23)c2ccncc2-c2cccc3c2ccc2ccccc23)cc1. The third-order valence-electron chi connectivity index (χ3n) is 10.5. The van der Waals surface area contributed by atoms with Gasteiger partial charge in [0.25, 0.3) is 0 Å². The summed E-state index contributed by atoms with van der Waals surface area (Å²) in [5.41, 5.74) is 9.79. The first-order valence-electron chi connectivity index (χ1n) is 18.1. The average Bonchev–Trinajstić information content (AvgIpc) is 3.61. The molecule has 0 aliphatic carbocycles. The van der Waals surface area contributed by atoms with Gasteiger partial charge in [0.05, 0.1) is 28.4 Å². The van der Waals surface area contributed by atoms with Gasteiger partial charge in [-0.2, -0.15) is 0 Å². The molecule has 0 atom stereocenters. The number of furan rings is 1. The summed E-state index contributed by atoms with van der Waals surface area (Å²) >= 11 is 0. The number of hydrogen-bond donors (Lipinski definition) is 0. The lowest BCUT2D eigenvalue weighted by molar-refractivity contribution is 0.477. The number of benzene rings is 8. The zero-order chi connectivity index (χ0) is 35.6. The number of para-hydroxylation sites is 4. The normalized spacial score (nSPS) is 12.2. The predicted molar refractivity (Wildman–Crippen MR) is 221 cm³/mol. The summed E-state index contributed by atoms with van der Waals surface area (Å²) in [7, 11) is 0. The van der Waals surface area contributed by atoms with Gasteiger partial charge in [0.1, 0.15) is 11.2 Å². The molecule has 8 aromatic carbocycles. The fraction of sp³-hybridized carbons (Fsp3) is 0. The molecule has 1 aliphatic heterocycles. The lowest BCUT2D eigenvalue weighted by atomic mass is 9.94. The zero-order valence-electron chi connectivity index (χ0n) is 29.1. The molecule has 0 saturated heterocycles. The standard InChI is InChI=1S/C49H31N3O2/c1-2-12-33(13-3-1)51(43-27-28-50-31-42(43)38-17-10-16-37-36-14-5-4-11-32(36)21-24-39(37)38)34-23-26-45-49(30-34)54-47-20-9-7-18-44(47)52(45)35-22-25-41-40-15-6-8-19-46(40)53-48(41)29-35/h1-31H. The molecule has 10 aromatic rings. The lowest BCUT2D eigenvalue weighted by Gasteiger charge is -2.34. The van der Waals surface area contributed by atoms with Crippen LogP contribution in [-0.4, -0.2) is 4.98 Å². The van der Waals surface area contributed by atoms with E-state index in [0.29, 0.717) is 0 Å². The molecule has 5 nitrogen and oxygen atoms in total. The molecule has 54 heavy (non-hydrogen) atoms. The van der Waals surface area contributed by atoms with Crippen LogP contribution in [0.15, 0.2) is 193 Å². The molecule has 254 valence electrons. The van der Waals surface area contributed by atoms with Gasteiger partial charge in [-0.1, -0.05) is 103 Å². The third-order valence-corrected chi connectivity index (χ3v) is 10.5. The Hall–Kier alpha value is -7.37. The van der Waals surface area contributed by atoms with Crippen molar-refractivity contribution in [2.75, 3.05) is 9.80 Å². The van der Waals surface area contributed by atoms with Crippen molar-refractivity contribution < 1.29 is 9.15 Å². The maximum Gasteiger partial charge on any atom is 0.153 e. The second-order valence-electron chi connectivity index (χ2n) is 13.6. The van der Waals surface area contributed by atoms with Crippen molar-refractivity contribution in [1.29, 1.82) is 0 Å². The Bertz CT molecular complexity index is 3060. The van der Waals surface area contributed by atoms with Crippen LogP contribution in [0.4, 0.5) is 34.1 Å². The number of aromatic nitrogens is 1. The molecule has 0 bridgehead atoms.